The van der Waals surface area contributed by atoms with E-state index < -0.39 is 0 Å². The van der Waals surface area contributed by atoms with Crippen molar-refractivity contribution in [1.82, 2.24) is 0 Å². The van der Waals surface area contributed by atoms with Gasteiger partial charge in [-0.15, -0.1) is 0 Å². The molecule has 0 bridgehead atoms. The summed E-state index contributed by atoms with van der Waals surface area (Å²) in [5.41, 5.74) is 3.87. The van der Waals surface area contributed by atoms with E-state index in [4.69, 9.17) is 4.42 Å². The van der Waals surface area contributed by atoms with E-state index in [0.29, 0.717) is 0 Å². The predicted molar refractivity (Wildman–Crippen MR) is 70.7 cm³/mol. The van der Waals surface area contributed by atoms with Gasteiger partial charge in [-0.1, -0.05) is 18.2 Å². The van der Waals surface area contributed by atoms with Gasteiger partial charge in [0.25, 0.3) is 0 Å². The summed E-state index contributed by atoms with van der Waals surface area (Å²) in [5, 5.41) is 4.10. The van der Waals surface area contributed by atoms with Gasteiger partial charge in [-0.25, -0.2) is 0 Å². The van der Waals surface area contributed by atoms with Gasteiger partial charge in [-0.3, -0.25) is 5.43 Å². The fourth-order valence-corrected chi connectivity index (χ4v) is 1.34. The van der Waals surface area contributed by atoms with E-state index in [0.717, 1.165) is 17.3 Å². The van der Waals surface area contributed by atoms with Crippen molar-refractivity contribution >= 4 is 17.8 Å². The molecule has 4 nitrogen and oxygen atoms in total. The molecule has 0 aliphatic carbocycles. The van der Waals surface area contributed by atoms with Crippen LogP contribution in [-0.4, -0.2) is 20.3 Å². The monoisotopic (exact) mass is 229 g/mol. The molecule has 17 heavy (non-hydrogen) atoms. The standard InChI is InChI=1S/C13H15N3O/c1-16(2)13-9-8-12(17-13)10-14-15-11-6-4-3-5-7-11/h3-10,15H,1-2H3/b14-10-. The first-order valence-corrected chi connectivity index (χ1v) is 5.37. The molecule has 2 aromatic rings. The number of nitrogens with one attached hydrogen (secondary N) is 1. The zero-order valence-electron chi connectivity index (χ0n) is 9.92. The first-order chi connectivity index (χ1) is 8.25. The van der Waals surface area contributed by atoms with Crippen LogP contribution in [-0.2, 0) is 0 Å². The van der Waals surface area contributed by atoms with Crippen molar-refractivity contribution in [2.24, 2.45) is 5.10 Å². The largest absolute Gasteiger partial charge is 0.440 e. The number of furan rings is 1. The van der Waals surface area contributed by atoms with Crippen LogP contribution in [0.4, 0.5) is 11.6 Å². The number of rotatable bonds is 4. The first kappa shape index (κ1) is 11.3. The van der Waals surface area contributed by atoms with Gasteiger partial charge in [0.05, 0.1) is 11.9 Å². The third kappa shape index (κ3) is 3.11. The van der Waals surface area contributed by atoms with Gasteiger partial charge >= 0.3 is 0 Å². The minimum Gasteiger partial charge on any atom is -0.440 e. The normalized spacial score (nSPS) is 10.7. The average molecular weight is 229 g/mol. The van der Waals surface area contributed by atoms with Crippen LogP contribution in [0.2, 0.25) is 0 Å². The van der Waals surface area contributed by atoms with E-state index in [1.807, 2.05) is 61.5 Å². The molecule has 1 aromatic carbocycles. The molecule has 88 valence electrons. The van der Waals surface area contributed by atoms with Crippen LogP contribution in [0, 0.1) is 0 Å². The Balaban J connectivity index is 1.96. The lowest BCUT2D eigenvalue weighted by atomic mass is 10.3. The van der Waals surface area contributed by atoms with Crippen molar-refractivity contribution in [2.45, 2.75) is 0 Å². The number of anilines is 2. The van der Waals surface area contributed by atoms with Crippen LogP contribution in [0.1, 0.15) is 5.76 Å². The van der Waals surface area contributed by atoms with Gasteiger partial charge in [0.1, 0.15) is 5.76 Å². The van der Waals surface area contributed by atoms with E-state index in [-0.39, 0.29) is 0 Å². The van der Waals surface area contributed by atoms with Crippen molar-refractivity contribution < 1.29 is 4.42 Å². The SMILES string of the molecule is CN(C)c1ccc(/C=N\Nc2ccccc2)o1. The Morgan fingerprint density at radius 3 is 2.53 bits per heavy atom. The zero-order valence-corrected chi connectivity index (χ0v) is 9.92. The Morgan fingerprint density at radius 1 is 1.12 bits per heavy atom. The minimum absolute atomic E-state index is 0.720. The Bertz CT molecular complexity index is 488. The van der Waals surface area contributed by atoms with Gasteiger partial charge in [-0.05, 0) is 18.2 Å². The number of nitrogens with zero attached hydrogens (tertiary/aromatic N) is 2. The smallest absolute Gasteiger partial charge is 0.195 e. The molecule has 0 aliphatic heterocycles. The molecule has 0 saturated heterocycles. The van der Waals surface area contributed by atoms with Crippen LogP contribution in [0.25, 0.3) is 0 Å². The lowest BCUT2D eigenvalue weighted by Gasteiger charge is -2.05. The predicted octanol–water partition coefficient (Wildman–Crippen LogP) is 2.79. The maximum atomic E-state index is 5.52. The molecule has 0 fully saturated rings. The van der Waals surface area contributed by atoms with Gasteiger partial charge in [0.2, 0.25) is 0 Å². The summed E-state index contributed by atoms with van der Waals surface area (Å²) in [4.78, 5) is 1.90. The summed E-state index contributed by atoms with van der Waals surface area (Å²) >= 11 is 0. The number of hydrogen-bond acceptors (Lipinski definition) is 4. The second-order valence-corrected chi connectivity index (χ2v) is 3.81. The first-order valence-electron chi connectivity index (χ1n) is 5.37. The summed E-state index contributed by atoms with van der Waals surface area (Å²) < 4.78 is 5.52. The summed E-state index contributed by atoms with van der Waals surface area (Å²) in [7, 11) is 3.87. The van der Waals surface area contributed by atoms with Gasteiger partial charge < -0.3 is 9.32 Å². The highest BCUT2D eigenvalue weighted by Gasteiger charge is 2.00. The highest BCUT2D eigenvalue weighted by molar-refractivity contribution is 5.77. The van der Waals surface area contributed by atoms with Crippen molar-refractivity contribution in [2.75, 3.05) is 24.4 Å². The minimum atomic E-state index is 0.720. The van der Waals surface area contributed by atoms with E-state index in [9.17, 15) is 0 Å². The van der Waals surface area contributed by atoms with Crippen molar-refractivity contribution in [3.8, 4) is 0 Å². The second-order valence-electron chi connectivity index (χ2n) is 3.81. The third-order valence-electron chi connectivity index (χ3n) is 2.21. The van der Waals surface area contributed by atoms with Gasteiger partial charge in [-0.2, -0.15) is 5.10 Å². The fourth-order valence-electron chi connectivity index (χ4n) is 1.34. The summed E-state index contributed by atoms with van der Waals surface area (Å²) in [5.74, 6) is 1.53. The Labute approximate surface area is 101 Å². The molecule has 0 aliphatic rings. The molecule has 1 aromatic heterocycles. The van der Waals surface area contributed by atoms with E-state index >= 15 is 0 Å². The van der Waals surface area contributed by atoms with Crippen molar-refractivity contribution in [3.63, 3.8) is 0 Å². The molecule has 1 heterocycles. The number of para-hydroxylation sites is 1. The number of hydrogen-bond donors (Lipinski definition) is 1. The summed E-state index contributed by atoms with van der Waals surface area (Å²) in [6, 6.07) is 13.6. The highest BCUT2D eigenvalue weighted by atomic mass is 16.4. The molecule has 1 N–H and O–H groups in total. The van der Waals surface area contributed by atoms with Gasteiger partial charge in [0.15, 0.2) is 5.88 Å². The highest BCUT2D eigenvalue weighted by Crippen LogP contribution is 2.14. The van der Waals surface area contributed by atoms with Crippen LogP contribution in [0.3, 0.4) is 0 Å². The van der Waals surface area contributed by atoms with Crippen molar-refractivity contribution in [3.05, 3.63) is 48.2 Å². The molecule has 0 radical (unpaired) electrons. The molecule has 4 heteroatoms. The molecule has 0 spiro atoms. The molecular weight excluding hydrogens is 214 g/mol. The maximum Gasteiger partial charge on any atom is 0.195 e. The molecular formula is C13H15N3O. The Morgan fingerprint density at radius 2 is 1.88 bits per heavy atom. The fraction of sp³-hybridized carbons (Fsp3) is 0.154. The number of hydrazone groups is 1. The third-order valence-corrected chi connectivity index (χ3v) is 2.21. The van der Waals surface area contributed by atoms with E-state index in [1.54, 1.807) is 6.21 Å². The van der Waals surface area contributed by atoms with Crippen LogP contribution < -0.4 is 10.3 Å². The molecule has 0 atom stereocenters. The number of benzene rings is 1. The zero-order chi connectivity index (χ0) is 12.1. The van der Waals surface area contributed by atoms with Crippen LogP contribution in [0.5, 0.6) is 0 Å². The maximum absolute atomic E-state index is 5.52. The second kappa shape index (κ2) is 5.21. The molecule has 2 rings (SSSR count). The molecule has 0 unspecified atom stereocenters. The van der Waals surface area contributed by atoms with Crippen molar-refractivity contribution in [1.29, 1.82) is 0 Å². The van der Waals surface area contributed by atoms with Gasteiger partial charge in [0, 0.05) is 20.2 Å². The molecule has 0 amide bonds. The Kier molecular flexibility index (Phi) is 3.45. The average Bonchev–Trinajstić information content (AvgIpc) is 2.79. The lowest BCUT2D eigenvalue weighted by Crippen LogP contribution is -2.06. The summed E-state index contributed by atoms with van der Waals surface area (Å²) in [6.45, 7) is 0. The quantitative estimate of drug-likeness (QED) is 0.647. The van der Waals surface area contributed by atoms with Crippen LogP contribution in [0.15, 0.2) is 52.0 Å². The summed E-state index contributed by atoms with van der Waals surface area (Å²) in [6.07, 6.45) is 1.65. The van der Waals surface area contributed by atoms with E-state index in [2.05, 4.69) is 10.5 Å². The van der Waals surface area contributed by atoms with E-state index in [1.165, 1.54) is 0 Å². The van der Waals surface area contributed by atoms with Crippen LogP contribution >= 0.6 is 0 Å². The Hall–Kier alpha value is -2.23. The molecule has 0 saturated carbocycles. The topological polar surface area (TPSA) is 40.8 Å². The lowest BCUT2D eigenvalue weighted by molar-refractivity contribution is 0.558.